The second kappa shape index (κ2) is 9.51. The molecule has 32 heavy (non-hydrogen) atoms. The minimum absolute atomic E-state index is 0.304. The van der Waals surface area contributed by atoms with Crippen LogP contribution in [0.25, 0.3) is 11.4 Å². The molecule has 1 N–H and O–H groups in total. The van der Waals surface area contributed by atoms with Crippen LogP contribution in [0.3, 0.4) is 0 Å². The standard InChI is InChI=1S/C28H30N4/c1-22-12-14-25(15-13-22)28-29-20-26(30-28)21-31-16-18-32(19-17-31)27(23-8-4-2-5-9-23)24-10-6-3-7-11-24/h2-15,20,27H,16-19,21H2,1H3,(H,29,30). The summed E-state index contributed by atoms with van der Waals surface area (Å²) in [6.07, 6.45) is 2.05. The van der Waals surface area contributed by atoms with Gasteiger partial charge in [-0.2, -0.15) is 0 Å². The fourth-order valence-electron chi connectivity index (χ4n) is 4.59. The van der Waals surface area contributed by atoms with E-state index in [0.29, 0.717) is 6.04 Å². The molecule has 4 nitrogen and oxygen atoms in total. The Labute approximate surface area is 190 Å². The molecule has 1 fully saturated rings. The van der Waals surface area contributed by atoms with Gasteiger partial charge in [-0.25, -0.2) is 4.98 Å². The second-order valence-corrected chi connectivity index (χ2v) is 8.64. The van der Waals surface area contributed by atoms with Gasteiger partial charge in [0.1, 0.15) is 5.82 Å². The highest BCUT2D eigenvalue weighted by Gasteiger charge is 2.26. The van der Waals surface area contributed by atoms with Crippen LogP contribution >= 0.6 is 0 Å². The van der Waals surface area contributed by atoms with Gasteiger partial charge in [0.05, 0.1) is 11.7 Å². The van der Waals surface area contributed by atoms with Crippen LogP contribution in [0, 0.1) is 6.92 Å². The van der Waals surface area contributed by atoms with Crippen LogP contribution in [-0.2, 0) is 6.54 Å². The van der Waals surface area contributed by atoms with Crippen molar-refractivity contribution < 1.29 is 0 Å². The molecule has 1 saturated heterocycles. The minimum atomic E-state index is 0.304. The summed E-state index contributed by atoms with van der Waals surface area (Å²) in [5.74, 6) is 0.951. The van der Waals surface area contributed by atoms with E-state index in [0.717, 1.165) is 49.8 Å². The number of aromatic nitrogens is 2. The predicted molar refractivity (Wildman–Crippen MR) is 130 cm³/mol. The molecule has 0 atom stereocenters. The van der Waals surface area contributed by atoms with Gasteiger partial charge in [-0.3, -0.25) is 9.80 Å². The third kappa shape index (κ3) is 4.67. The summed E-state index contributed by atoms with van der Waals surface area (Å²) in [5, 5.41) is 0. The first kappa shape index (κ1) is 20.7. The van der Waals surface area contributed by atoms with Crippen LogP contribution in [0.15, 0.2) is 91.1 Å². The number of hydrogen-bond acceptors (Lipinski definition) is 3. The van der Waals surface area contributed by atoms with Gasteiger partial charge >= 0.3 is 0 Å². The van der Waals surface area contributed by atoms with E-state index in [-0.39, 0.29) is 0 Å². The van der Waals surface area contributed by atoms with E-state index < -0.39 is 0 Å². The van der Waals surface area contributed by atoms with E-state index in [9.17, 15) is 0 Å². The van der Waals surface area contributed by atoms with E-state index in [1.807, 2.05) is 0 Å². The van der Waals surface area contributed by atoms with Gasteiger partial charge in [-0.15, -0.1) is 0 Å². The molecule has 0 amide bonds. The van der Waals surface area contributed by atoms with Crippen molar-refractivity contribution in [2.24, 2.45) is 0 Å². The molecule has 4 heteroatoms. The lowest BCUT2D eigenvalue weighted by Gasteiger charge is -2.39. The minimum Gasteiger partial charge on any atom is -0.344 e. The Morgan fingerprint density at radius 2 is 1.38 bits per heavy atom. The van der Waals surface area contributed by atoms with Crippen LogP contribution < -0.4 is 0 Å². The largest absolute Gasteiger partial charge is 0.344 e. The number of hydrogen-bond donors (Lipinski definition) is 1. The van der Waals surface area contributed by atoms with E-state index in [1.54, 1.807) is 0 Å². The van der Waals surface area contributed by atoms with Gasteiger partial charge in [-0.1, -0.05) is 90.5 Å². The molecule has 0 bridgehead atoms. The van der Waals surface area contributed by atoms with Gasteiger partial charge in [0.15, 0.2) is 0 Å². The Hall–Kier alpha value is -3.21. The first-order valence-electron chi connectivity index (χ1n) is 11.4. The third-order valence-electron chi connectivity index (χ3n) is 6.34. The molecule has 5 rings (SSSR count). The highest BCUT2D eigenvalue weighted by molar-refractivity contribution is 5.55. The molecule has 162 valence electrons. The normalized spacial score (nSPS) is 15.3. The quantitative estimate of drug-likeness (QED) is 0.458. The van der Waals surface area contributed by atoms with Crippen LogP contribution in [0.2, 0.25) is 0 Å². The molecule has 2 heterocycles. The molecule has 4 aromatic rings. The summed E-state index contributed by atoms with van der Waals surface area (Å²) in [6, 6.07) is 30.6. The van der Waals surface area contributed by atoms with Crippen LogP contribution in [-0.4, -0.2) is 45.9 Å². The molecule has 1 aliphatic rings. The van der Waals surface area contributed by atoms with Crippen LogP contribution in [0.5, 0.6) is 0 Å². The molecule has 3 aromatic carbocycles. The summed E-state index contributed by atoms with van der Waals surface area (Å²) >= 11 is 0. The van der Waals surface area contributed by atoms with Gasteiger partial charge in [0.2, 0.25) is 0 Å². The zero-order chi connectivity index (χ0) is 21.8. The molecule has 1 aliphatic heterocycles. The topological polar surface area (TPSA) is 35.2 Å². The smallest absolute Gasteiger partial charge is 0.137 e. The molecular weight excluding hydrogens is 392 g/mol. The van der Waals surface area contributed by atoms with Crippen molar-refractivity contribution in [3.8, 4) is 11.4 Å². The van der Waals surface area contributed by atoms with Crippen LogP contribution in [0.4, 0.5) is 0 Å². The number of imidazole rings is 1. The fourth-order valence-corrected chi connectivity index (χ4v) is 4.59. The summed E-state index contributed by atoms with van der Waals surface area (Å²) in [7, 11) is 0. The summed E-state index contributed by atoms with van der Waals surface area (Å²) in [6.45, 7) is 7.17. The van der Waals surface area contributed by atoms with E-state index in [2.05, 4.69) is 113 Å². The first-order chi connectivity index (χ1) is 15.8. The van der Waals surface area contributed by atoms with Gasteiger partial charge in [0.25, 0.3) is 0 Å². The monoisotopic (exact) mass is 422 g/mol. The molecule has 0 saturated carbocycles. The number of aromatic amines is 1. The zero-order valence-electron chi connectivity index (χ0n) is 18.6. The van der Waals surface area contributed by atoms with Crippen molar-refractivity contribution in [2.45, 2.75) is 19.5 Å². The lowest BCUT2D eigenvalue weighted by molar-refractivity contribution is 0.104. The predicted octanol–water partition coefficient (Wildman–Crippen LogP) is 5.29. The van der Waals surface area contributed by atoms with E-state index in [4.69, 9.17) is 4.98 Å². The fraction of sp³-hybridized carbons (Fsp3) is 0.250. The number of rotatable bonds is 6. The average Bonchev–Trinajstić information content (AvgIpc) is 3.31. The highest BCUT2D eigenvalue weighted by Crippen LogP contribution is 2.29. The SMILES string of the molecule is Cc1ccc(-c2nc(CN3CCN(C(c4ccccc4)c4ccccc4)CC3)c[nH]2)cc1. The summed E-state index contributed by atoms with van der Waals surface area (Å²) < 4.78 is 0. The van der Waals surface area contributed by atoms with Crippen LogP contribution in [0.1, 0.15) is 28.4 Å². The van der Waals surface area contributed by atoms with Gasteiger partial charge in [0, 0.05) is 44.5 Å². The van der Waals surface area contributed by atoms with E-state index in [1.165, 1.54) is 16.7 Å². The lowest BCUT2D eigenvalue weighted by Crippen LogP contribution is -2.47. The Bertz CT molecular complexity index is 1070. The maximum Gasteiger partial charge on any atom is 0.137 e. The number of aryl methyl sites for hydroxylation is 1. The first-order valence-corrected chi connectivity index (χ1v) is 11.4. The van der Waals surface area contributed by atoms with Gasteiger partial charge in [-0.05, 0) is 18.1 Å². The maximum absolute atomic E-state index is 4.84. The summed E-state index contributed by atoms with van der Waals surface area (Å²) in [5.41, 5.74) is 6.24. The van der Waals surface area contributed by atoms with Crippen molar-refractivity contribution in [3.63, 3.8) is 0 Å². The highest BCUT2D eigenvalue weighted by atomic mass is 15.3. The lowest BCUT2D eigenvalue weighted by atomic mass is 9.96. The van der Waals surface area contributed by atoms with Gasteiger partial charge < -0.3 is 4.98 Å². The maximum atomic E-state index is 4.84. The second-order valence-electron chi connectivity index (χ2n) is 8.64. The number of nitrogens with zero attached hydrogens (tertiary/aromatic N) is 3. The van der Waals surface area contributed by atoms with Crippen molar-refractivity contribution in [1.82, 2.24) is 19.8 Å². The zero-order valence-corrected chi connectivity index (χ0v) is 18.6. The van der Waals surface area contributed by atoms with Crippen molar-refractivity contribution in [1.29, 1.82) is 0 Å². The van der Waals surface area contributed by atoms with Crippen molar-refractivity contribution in [2.75, 3.05) is 26.2 Å². The Kier molecular flexibility index (Phi) is 6.15. The molecule has 0 aliphatic carbocycles. The summed E-state index contributed by atoms with van der Waals surface area (Å²) in [4.78, 5) is 13.3. The third-order valence-corrected chi connectivity index (χ3v) is 6.34. The molecule has 0 unspecified atom stereocenters. The Morgan fingerprint density at radius 1 is 0.781 bits per heavy atom. The molecular formula is C28H30N4. The molecule has 0 radical (unpaired) electrons. The van der Waals surface area contributed by atoms with Crippen molar-refractivity contribution >= 4 is 0 Å². The van der Waals surface area contributed by atoms with E-state index >= 15 is 0 Å². The Balaban J connectivity index is 1.25. The number of H-pyrrole nitrogens is 1. The number of nitrogens with one attached hydrogen (secondary N) is 1. The molecule has 0 spiro atoms. The number of piperazine rings is 1. The Morgan fingerprint density at radius 3 is 1.97 bits per heavy atom. The average molecular weight is 423 g/mol. The van der Waals surface area contributed by atoms with Crippen molar-refractivity contribution in [3.05, 3.63) is 114 Å². The number of benzene rings is 3. The molecule has 1 aromatic heterocycles.